The molecule has 3 amide bonds. The number of likely N-dealkylation sites (tertiary alicyclic amines) is 1. The SMILES string of the molecule is COc1ccc2cc1OCC(=O)NCc1ccc(cc1)O[C@H]1CN(C(=O)c3cccn4cnnc34)C[C@@H]1NC2=O. The van der Waals surface area contributed by atoms with Gasteiger partial charge in [-0.2, -0.15) is 0 Å². The molecule has 4 bridgehead atoms. The highest BCUT2D eigenvalue weighted by atomic mass is 16.5. The standard InChI is InChI=1S/C28H26N6O6/c1-38-22-9-6-18-11-23(22)39-15-25(35)29-12-17-4-7-19(8-5-17)40-24-14-34(13-21(24)31-27(18)36)28(37)20-3-2-10-33-16-30-32-26(20)33/h2-11,16,21,24H,12-15H2,1H3,(H,29,35)(H,31,36)/t21-,24-/m0/s1. The first-order valence-corrected chi connectivity index (χ1v) is 12.7. The minimum absolute atomic E-state index is 0.223. The van der Waals surface area contributed by atoms with Crippen LogP contribution in [0.3, 0.4) is 0 Å². The molecule has 0 radical (unpaired) electrons. The molecule has 0 spiro atoms. The van der Waals surface area contributed by atoms with Gasteiger partial charge < -0.3 is 29.7 Å². The van der Waals surface area contributed by atoms with E-state index in [0.717, 1.165) is 5.56 Å². The number of pyridine rings is 1. The molecule has 0 saturated carbocycles. The maximum Gasteiger partial charge on any atom is 0.258 e. The molecule has 1 saturated heterocycles. The van der Waals surface area contributed by atoms with Crippen molar-refractivity contribution in [3.8, 4) is 17.2 Å². The predicted octanol–water partition coefficient (Wildman–Crippen LogP) is 1.45. The van der Waals surface area contributed by atoms with Crippen LogP contribution >= 0.6 is 0 Å². The fourth-order valence-electron chi connectivity index (χ4n) is 4.82. The van der Waals surface area contributed by atoms with Gasteiger partial charge in [-0.05, 0) is 48.0 Å². The highest BCUT2D eigenvalue weighted by molar-refractivity contribution is 6.00. The number of nitrogens with one attached hydrogen (secondary N) is 2. The van der Waals surface area contributed by atoms with Crippen LogP contribution in [-0.4, -0.2) is 76.2 Å². The zero-order chi connectivity index (χ0) is 27.6. The van der Waals surface area contributed by atoms with Gasteiger partial charge in [0.05, 0.1) is 25.3 Å². The molecule has 2 aromatic heterocycles. The first-order chi connectivity index (χ1) is 19.5. The number of methoxy groups -OCH3 is 1. The Kier molecular flexibility index (Phi) is 6.64. The number of carbonyl (C=O) groups excluding carboxylic acids is 3. The molecule has 3 aliphatic heterocycles. The Labute approximate surface area is 228 Å². The summed E-state index contributed by atoms with van der Waals surface area (Å²) in [6.45, 7) is 0.527. The van der Waals surface area contributed by atoms with Crippen molar-refractivity contribution in [2.75, 3.05) is 26.8 Å². The highest BCUT2D eigenvalue weighted by Crippen LogP contribution is 2.29. The van der Waals surface area contributed by atoms with E-state index < -0.39 is 12.1 Å². The number of aromatic nitrogens is 3. The average Bonchev–Trinajstić information content (AvgIpc) is 3.62. The fraction of sp³-hybridized carbons (Fsp3) is 0.250. The molecule has 2 atom stereocenters. The van der Waals surface area contributed by atoms with Crippen molar-refractivity contribution in [3.05, 3.63) is 83.8 Å². The van der Waals surface area contributed by atoms with E-state index in [1.165, 1.54) is 19.5 Å². The molecule has 0 aliphatic carbocycles. The van der Waals surface area contributed by atoms with E-state index >= 15 is 0 Å². The lowest BCUT2D eigenvalue weighted by molar-refractivity contribution is -0.123. The molecule has 204 valence electrons. The lowest BCUT2D eigenvalue weighted by Crippen LogP contribution is -2.45. The molecule has 2 aromatic carbocycles. The van der Waals surface area contributed by atoms with Crippen LogP contribution in [0, 0.1) is 0 Å². The maximum absolute atomic E-state index is 13.6. The minimum Gasteiger partial charge on any atom is -0.493 e. The molecule has 5 heterocycles. The van der Waals surface area contributed by atoms with Gasteiger partial charge in [-0.1, -0.05) is 12.1 Å². The van der Waals surface area contributed by atoms with Crippen molar-refractivity contribution in [2.45, 2.75) is 18.7 Å². The van der Waals surface area contributed by atoms with Crippen molar-refractivity contribution in [1.82, 2.24) is 30.1 Å². The third-order valence-corrected chi connectivity index (χ3v) is 6.91. The Morgan fingerprint density at radius 1 is 1.10 bits per heavy atom. The van der Waals surface area contributed by atoms with E-state index in [4.69, 9.17) is 14.2 Å². The van der Waals surface area contributed by atoms with Gasteiger partial charge in [0, 0.05) is 24.8 Å². The predicted molar refractivity (Wildman–Crippen MR) is 141 cm³/mol. The number of benzene rings is 2. The van der Waals surface area contributed by atoms with Gasteiger partial charge in [0.1, 0.15) is 18.2 Å². The largest absolute Gasteiger partial charge is 0.493 e. The Hall–Kier alpha value is -5.13. The molecular formula is C28H26N6O6. The molecule has 12 nitrogen and oxygen atoms in total. The van der Waals surface area contributed by atoms with Gasteiger partial charge in [0.2, 0.25) is 0 Å². The first-order valence-electron chi connectivity index (χ1n) is 12.7. The summed E-state index contributed by atoms with van der Waals surface area (Å²) >= 11 is 0. The summed E-state index contributed by atoms with van der Waals surface area (Å²) < 4.78 is 19.0. The molecule has 3 aliphatic rings. The van der Waals surface area contributed by atoms with E-state index in [2.05, 4.69) is 20.8 Å². The van der Waals surface area contributed by atoms with Gasteiger partial charge in [-0.3, -0.25) is 18.8 Å². The molecule has 7 rings (SSSR count). The van der Waals surface area contributed by atoms with E-state index in [9.17, 15) is 14.4 Å². The van der Waals surface area contributed by atoms with Gasteiger partial charge in [0.25, 0.3) is 17.7 Å². The van der Waals surface area contributed by atoms with Crippen molar-refractivity contribution in [3.63, 3.8) is 0 Å². The van der Waals surface area contributed by atoms with Gasteiger partial charge >= 0.3 is 0 Å². The smallest absolute Gasteiger partial charge is 0.258 e. The second-order valence-electron chi connectivity index (χ2n) is 9.51. The monoisotopic (exact) mass is 542 g/mol. The van der Waals surface area contributed by atoms with Crippen molar-refractivity contribution in [2.24, 2.45) is 0 Å². The number of fused-ring (bicyclic) bond motifs is 8. The summed E-state index contributed by atoms with van der Waals surface area (Å²) in [5.41, 5.74) is 2.04. The molecular weight excluding hydrogens is 516 g/mol. The number of hydrogen-bond donors (Lipinski definition) is 2. The van der Waals surface area contributed by atoms with E-state index in [-0.39, 0.29) is 43.2 Å². The van der Waals surface area contributed by atoms with Crippen LogP contribution in [0.4, 0.5) is 0 Å². The number of hydrogen-bond acceptors (Lipinski definition) is 8. The molecule has 12 heteroatoms. The zero-order valence-corrected chi connectivity index (χ0v) is 21.6. The summed E-state index contributed by atoms with van der Waals surface area (Å²) in [5, 5.41) is 13.8. The molecule has 4 aromatic rings. The number of amides is 3. The maximum atomic E-state index is 13.6. The third kappa shape index (κ3) is 4.98. The van der Waals surface area contributed by atoms with Crippen LogP contribution in [0.5, 0.6) is 17.2 Å². The normalized spacial score (nSPS) is 19.2. The number of nitrogens with zero attached hydrogens (tertiary/aromatic N) is 4. The number of rotatable bonds is 2. The molecule has 1 fully saturated rings. The number of carbonyl (C=O) groups is 3. The lowest BCUT2D eigenvalue weighted by atomic mass is 10.1. The average molecular weight is 543 g/mol. The Bertz CT molecular complexity index is 1590. The summed E-state index contributed by atoms with van der Waals surface area (Å²) in [5.74, 6) is 0.284. The van der Waals surface area contributed by atoms with Crippen molar-refractivity contribution < 1.29 is 28.6 Å². The van der Waals surface area contributed by atoms with Crippen molar-refractivity contribution >= 4 is 23.4 Å². The number of ether oxygens (including phenoxy) is 3. The third-order valence-electron chi connectivity index (χ3n) is 6.91. The summed E-state index contributed by atoms with van der Waals surface area (Å²) in [6.07, 6.45) is 2.78. The van der Waals surface area contributed by atoms with Crippen LogP contribution in [0.25, 0.3) is 5.65 Å². The van der Waals surface area contributed by atoms with Gasteiger partial charge in [0.15, 0.2) is 23.8 Å². The first kappa shape index (κ1) is 25.2. The minimum atomic E-state index is -0.527. The van der Waals surface area contributed by atoms with Gasteiger partial charge in [-0.15, -0.1) is 10.2 Å². The highest BCUT2D eigenvalue weighted by Gasteiger charge is 2.39. The zero-order valence-electron chi connectivity index (χ0n) is 21.6. The second-order valence-corrected chi connectivity index (χ2v) is 9.51. The molecule has 2 N–H and O–H groups in total. The van der Waals surface area contributed by atoms with Gasteiger partial charge in [-0.25, -0.2) is 0 Å². The van der Waals surface area contributed by atoms with E-state index in [0.29, 0.717) is 34.8 Å². The van der Waals surface area contributed by atoms with E-state index in [1.54, 1.807) is 51.9 Å². The molecule has 40 heavy (non-hydrogen) atoms. The molecule has 0 unspecified atom stereocenters. The summed E-state index contributed by atoms with van der Waals surface area (Å²) in [7, 11) is 1.48. The Balaban J connectivity index is 1.31. The summed E-state index contributed by atoms with van der Waals surface area (Å²) in [4.78, 5) is 40.9. The van der Waals surface area contributed by atoms with Crippen LogP contribution in [0.15, 0.2) is 67.1 Å². The van der Waals surface area contributed by atoms with Crippen LogP contribution in [0.1, 0.15) is 26.3 Å². The lowest BCUT2D eigenvalue weighted by Gasteiger charge is -2.21. The quantitative estimate of drug-likeness (QED) is 0.389. The second kappa shape index (κ2) is 10.6. The topological polar surface area (TPSA) is 136 Å². The Morgan fingerprint density at radius 3 is 2.77 bits per heavy atom. The van der Waals surface area contributed by atoms with Crippen LogP contribution in [0.2, 0.25) is 0 Å². The van der Waals surface area contributed by atoms with Crippen LogP contribution in [-0.2, 0) is 11.3 Å². The van der Waals surface area contributed by atoms with Crippen LogP contribution < -0.4 is 24.8 Å². The fourth-order valence-corrected chi connectivity index (χ4v) is 4.82. The summed E-state index contributed by atoms with van der Waals surface area (Å²) in [6, 6.07) is 15.0. The van der Waals surface area contributed by atoms with Crippen molar-refractivity contribution in [1.29, 1.82) is 0 Å². The van der Waals surface area contributed by atoms with E-state index in [1.807, 2.05) is 12.1 Å². The Morgan fingerprint density at radius 2 is 1.95 bits per heavy atom.